The van der Waals surface area contributed by atoms with Crippen LogP contribution in [0.25, 0.3) is 0 Å². The molecule has 0 atom stereocenters. The highest BCUT2D eigenvalue weighted by molar-refractivity contribution is 5.95. The molecule has 0 radical (unpaired) electrons. The van der Waals surface area contributed by atoms with Gasteiger partial charge in [-0.15, -0.1) is 0 Å². The molecule has 0 spiro atoms. The van der Waals surface area contributed by atoms with E-state index in [0.29, 0.717) is 25.6 Å². The largest absolute Gasteiger partial charge is 0.355 e. The average molecular weight is 375 g/mol. The minimum absolute atomic E-state index is 0.0879. The lowest BCUT2D eigenvalue weighted by atomic mass is 10.1. The van der Waals surface area contributed by atoms with Crippen molar-refractivity contribution in [2.75, 3.05) is 57.3 Å². The van der Waals surface area contributed by atoms with E-state index in [1.807, 2.05) is 43.0 Å². The number of likely N-dealkylation sites (N-methyl/N-ethyl adjacent to an activating group) is 1. The number of benzene rings is 1. The van der Waals surface area contributed by atoms with E-state index < -0.39 is 0 Å². The third-order valence-corrected chi connectivity index (χ3v) is 4.92. The van der Waals surface area contributed by atoms with E-state index in [1.165, 1.54) is 0 Å². The van der Waals surface area contributed by atoms with E-state index in [0.717, 1.165) is 44.0 Å². The van der Waals surface area contributed by atoms with Gasteiger partial charge in [0.1, 0.15) is 0 Å². The Bertz CT molecular complexity index is 624. The zero-order valence-electron chi connectivity index (χ0n) is 17.2. The summed E-state index contributed by atoms with van der Waals surface area (Å²) in [7, 11) is 0. The summed E-state index contributed by atoms with van der Waals surface area (Å²) in [6.07, 6.45) is 0. The molecule has 1 heterocycles. The number of rotatable bonds is 8. The van der Waals surface area contributed by atoms with Gasteiger partial charge >= 0.3 is 0 Å². The van der Waals surface area contributed by atoms with E-state index in [1.54, 1.807) is 0 Å². The van der Waals surface area contributed by atoms with Crippen molar-refractivity contribution in [1.82, 2.24) is 15.1 Å². The molecule has 150 valence electrons. The molecule has 1 saturated heterocycles. The first-order valence-corrected chi connectivity index (χ1v) is 9.98. The summed E-state index contributed by atoms with van der Waals surface area (Å²) in [5.41, 5.74) is 2.11. The summed E-state index contributed by atoms with van der Waals surface area (Å²) >= 11 is 0. The van der Waals surface area contributed by atoms with Gasteiger partial charge in [0.2, 0.25) is 11.8 Å². The Kier molecular flexibility index (Phi) is 8.25. The normalized spacial score (nSPS) is 15.7. The summed E-state index contributed by atoms with van der Waals surface area (Å²) < 4.78 is 0. The van der Waals surface area contributed by atoms with Crippen molar-refractivity contribution < 1.29 is 9.59 Å². The van der Waals surface area contributed by atoms with Crippen molar-refractivity contribution in [1.29, 1.82) is 0 Å². The van der Waals surface area contributed by atoms with Gasteiger partial charge in [-0.3, -0.25) is 19.4 Å². The second-order valence-corrected chi connectivity index (χ2v) is 7.67. The number of nitrogens with zero attached hydrogens (tertiary/aromatic N) is 3. The first kappa shape index (κ1) is 21.4. The SMILES string of the molecule is CCN(C(=O)CN1CCN(CC(=O)NCC(C)C)CC1)c1ccccc1C. The highest BCUT2D eigenvalue weighted by atomic mass is 16.2. The van der Waals surface area contributed by atoms with Gasteiger partial charge in [0.05, 0.1) is 13.1 Å². The summed E-state index contributed by atoms with van der Waals surface area (Å²) in [5.74, 6) is 0.687. The maximum Gasteiger partial charge on any atom is 0.241 e. The van der Waals surface area contributed by atoms with Gasteiger partial charge in [0.15, 0.2) is 0 Å². The molecule has 0 unspecified atom stereocenters. The van der Waals surface area contributed by atoms with Gasteiger partial charge in [-0.25, -0.2) is 0 Å². The molecule has 6 heteroatoms. The number of para-hydroxylation sites is 1. The fourth-order valence-electron chi connectivity index (χ4n) is 3.31. The topological polar surface area (TPSA) is 55.9 Å². The number of anilines is 1. The fourth-order valence-corrected chi connectivity index (χ4v) is 3.31. The standard InChI is InChI=1S/C21H34N4O2/c1-5-25(19-9-7-6-8-18(19)4)21(27)16-24-12-10-23(11-13-24)15-20(26)22-14-17(2)3/h6-9,17H,5,10-16H2,1-4H3,(H,22,26). The van der Waals surface area contributed by atoms with Crippen molar-refractivity contribution in [3.8, 4) is 0 Å². The van der Waals surface area contributed by atoms with E-state index in [4.69, 9.17) is 0 Å². The summed E-state index contributed by atoms with van der Waals surface area (Å²) in [6.45, 7) is 13.7. The minimum Gasteiger partial charge on any atom is -0.355 e. The van der Waals surface area contributed by atoms with Crippen molar-refractivity contribution in [2.45, 2.75) is 27.7 Å². The molecule has 2 amide bonds. The number of nitrogens with one attached hydrogen (secondary N) is 1. The molecular weight excluding hydrogens is 340 g/mol. The zero-order valence-corrected chi connectivity index (χ0v) is 17.2. The van der Waals surface area contributed by atoms with Gasteiger partial charge in [-0.2, -0.15) is 0 Å². The summed E-state index contributed by atoms with van der Waals surface area (Å²) in [5, 5.41) is 2.96. The molecule has 1 aromatic rings. The Balaban J connectivity index is 1.80. The minimum atomic E-state index is 0.0879. The first-order chi connectivity index (χ1) is 12.9. The maximum absolute atomic E-state index is 12.8. The second kappa shape index (κ2) is 10.4. The number of carbonyl (C=O) groups excluding carboxylic acids is 2. The molecule has 1 aliphatic heterocycles. The van der Waals surface area contributed by atoms with Crippen LogP contribution in [0.5, 0.6) is 0 Å². The first-order valence-electron chi connectivity index (χ1n) is 9.98. The highest BCUT2D eigenvalue weighted by Gasteiger charge is 2.23. The van der Waals surface area contributed by atoms with E-state index >= 15 is 0 Å². The molecule has 1 aliphatic rings. The van der Waals surface area contributed by atoms with Crippen LogP contribution < -0.4 is 10.2 Å². The molecular formula is C21H34N4O2. The van der Waals surface area contributed by atoms with E-state index in [9.17, 15) is 9.59 Å². The van der Waals surface area contributed by atoms with Crippen LogP contribution in [0.4, 0.5) is 5.69 Å². The number of carbonyl (C=O) groups is 2. The highest BCUT2D eigenvalue weighted by Crippen LogP contribution is 2.19. The lowest BCUT2D eigenvalue weighted by Gasteiger charge is -2.35. The third kappa shape index (κ3) is 6.63. The molecule has 0 bridgehead atoms. The van der Waals surface area contributed by atoms with Gasteiger partial charge in [0, 0.05) is 45.0 Å². The summed E-state index contributed by atoms with van der Waals surface area (Å²) in [4.78, 5) is 31.0. The Hall–Kier alpha value is -1.92. The molecule has 0 aromatic heterocycles. The van der Waals surface area contributed by atoms with Gasteiger partial charge < -0.3 is 10.2 Å². The molecule has 27 heavy (non-hydrogen) atoms. The Morgan fingerprint density at radius 1 is 1.07 bits per heavy atom. The van der Waals surface area contributed by atoms with Crippen molar-refractivity contribution in [3.05, 3.63) is 29.8 Å². The number of piperazine rings is 1. The lowest BCUT2D eigenvalue weighted by molar-refractivity contribution is -0.124. The zero-order chi connectivity index (χ0) is 19.8. The monoisotopic (exact) mass is 374 g/mol. The van der Waals surface area contributed by atoms with E-state index in [2.05, 4.69) is 29.0 Å². The molecule has 2 rings (SSSR count). The maximum atomic E-state index is 12.8. The van der Waals surface area contributed by atoms with Crippen LogP contribution in [0.3, 0.4) is 0 Å². The smallest absolute Gasteiger partial charge is 0.241 e. The predicted molar refractivity (Wildman–Crippen MR) is 110 cm³/mol. The van der Waals surface area contributed by atoms with E-state index in [-0.39, 0.29) is 11.8 Å². The number of aryl methyl sites for hydroxylation is 1. The van der Waals surface area contributed by atoms with Crippen LogP contribution in [0.2, 0.25) is 0 Å². The average Bonchev–Trinajstić information content (AvgIpc) is 2.64. The molecule has 6 nitrogen and oxygen atoms in total. The molecule has 1 aromatic carbocycles. The van der Waals surface area contributed by atoms with Gasteiger partial charge in [-0.1, -0.05) is 32.0 Å². The second-order valence-electron chi connectivity index (χ2n) is 7.67. The molecule has 0 saturated carbocycles. The Morgan fingerprint density at radius 3 is 2.22 bits per heavy atom. The van der Waals surface area contributed by atoms with Crippen LogP contribution in [0.1, 0.15) is 26.3 Å². The Labute approximate surface area is 163 Å². The van der Waals surface area contributed by atoms with Crippen LogP contribution in [-0.4, -0.2) is 74.0 Å². The number of hydrogen-bond donors (Lipinski definition) is 1. The molecule has 0 aliphatic carbocycles. The van der Waals surface area contributed by atoms with Crippen molar-refractivity contribution >= 4 is 17.5 Å². The van der Waals surface area contributed by atoms with Crippen LogP contribution >= 0.6 is 0 Å². The molecule has 1 N–H and O–H groups in total. The predicted octanol–water partition coefficient (Wildman–Crippen LogP) is 1.74. The Morgan fingerprint density at radius 2 is 1.67 bits per heavy atom. The van der Waals surface area contributed by atoms with Crippen molar-refractivity contribution in [2.24, 2.45) is 5.92 Å². The fraction of sp³-hybridized carbons (Fsp3) is 0.619. The third-order valence-electron chi connectivity index (χ3n) is 4.92. The van der Waals surface area contributed by atoms with Gasteiger partial charge in [-0.05, 0) is 31.4 Å². The molecule has 1 fully saturated rings. The lowest BCUT2D eigenvalue weighted by Crippen LogP contribution is -2.52. The van der Waals surface area contributed by atoms with Crippen molar-refractivity contribution in [3.63, 3.8) is 0 Å². The quantitative estimate of drug-likeness (QED) is 0.753. The van der Waals surface area contributed by atoms with Crippen LogP contribution in [-0.2, 0) is 9.59 Å². The van der Waals surface area contributed by atoms with Crippen LogP contribution in [0, 0.1) is 12.8 Å². The number of hydrogen-bond acceptors (Lipinski definition) is 4. The summed E-state index contributed by atoms with van der Waals surface area (Å²) in [6, 6.07) is 8.01. The van der Waals surface area contributed by atoms with Gasteiger partial charge in [0.25, 0.3) is 0 Å². The van der Waals surface area contributed by atoms with Crippen LogP contribution in [0.15, 0.2) is 24.3 Å². The number of amides is 2.